The summed E-state index contributed by atoms with van der Waals surface area (Å²) in [6.45, 7) is 4.08. The Morgan fingerprint density at radius 3 is 2.28 bits per heavy atom. The van der Waals surface area contributed by atoms with Gasteiger partial charge in [-0.1, -0.05) is 0 Å². The van der Waals surface area contributed by atoms with Crippen LogP contribution < -0.4 is 14.2 Å². The van der Waals surface area contributed by atoms with E-state index in [4.69, 9.17) is 23.7 Å². The molecule has 0 spiro atoms. The topological polar surface area (TPSA) is 46.2 Å². The molecule has 1 aliphatic rings. The summed E-state index contributed by atoms with van der Waals surface area (Å²) in [6, 6.07) is 2.01. The third kappa shape index (κ3) is 4.27. The molecule has 138 valence electrons. The molecule has 0 heterocycles. The molecule has 0 N–H and O–H groups in total. The van der Waals surface area contributed by atoms with Gasteiger partial charge in [-0.2, -0.15) is 0 Å². The monoisotopic (exact) mass is 386 g/mol. The van der Waals surface area contributed by atoms with Gasteiger partial charge in [-0.25, -0.2) is 0 Å². The number of aryl methyl sites for hydroxylation is 1. The number of ether oxygens (including phenoxy) is 5. The van der Waals surface area contributed by atoms with Crippen LogP contribution in [0.15, 0.2) is 12.1 Å². The minimum atomic E-state index is -0.0115. The molecule has 25 heavy (non-hydrogen) atoms. The predicted octanol–water partition coefficient (Wildman–Crippen LogP) is 3.16. The Morgan fingerprint density at radius 2 is 1.76 bits per heavy atom. The molecule has 5 nitrogen and oxygen atoms in total. The van der Waals surface area contributed by atoms with E-state index in [1.807, 2.05) is 19.9 Å². The molecular weight excluding hydrogens is 360 g/mol. The van der Waals surface area contributed by atoms with Crippen LogP contribution in [-0.2, 0) is 31.7 Å². The molecular formula is C19H26CrO5. The molecule has 0 fully saturated rings. The molecule has 2 rings (SSSR count). The second-order valence-electron chi connectivity index (χ2n) is 6.01. The van der Waals surface area contributed by atoms with E-state index in [1.165, 1.54) is 0 Å². The number of methoxy groups -OCH3 is 4. The van der Waals surface area contributed by atoms with E-state index >= 15 is 0 Å². The Morgan fingerprint density at radius 1 is 1.08 bits per heavy atom. The summed E-state index contributed by atoms with van der Waals surface area (Å²) in [7, 11) is 6.51. The zero-order chi connectivity index (χ0) is 18.6. The maximum atomic E-state index is 6.05. The first-order valence-electron chi connectivity index (χ1n) is 8.24. The summed E-state index contributed by atoms with van der Waals surface area (Å²) in [4.78, 5) is 0. The number of rotatable bonds is 7. The van der Waals surface area contributed by atoms with Crippen LogP contribution in [0.4, 0.5) is 0 Å². The van der Waals surface area contributed by atoms with Crippen molar-refractivity contribution in [2.24, 2.45) is 0 Å². The zero-order valence-electron chi connectivity index (χ0n) is 15.7. The van der Waals surface area contributed by atoms with Gasteiger partial charge in [0.25, 0.3) is 0 Å². The molecule has 6 heteroatoms. The summed E-state index contributed by atoms with van der Waals surface area (Å²) >= 11 is 3.00. The van der Waals surface area contributed by atoms with Crippen molar-refractivity contribution in [1.82, 2.24) is 0 Å². The average molecular weight is 386 g/mol. The Labute approximate surface area is 157 Å². The van der Waals surface area contributed by atoms with Gasteiger partial charge in [-0.05, 0) is 0 Å². The maximum absolute atomic E-state index is 6.05. The van der Waals surface area contributed by atoms with Crippen LogP contribution >= 0.6 is 0 Å². The van der Waals surface area contributed by atoms with Gasteiger partial charge in [0.2, 0.25) is 0 Å². The predicted molar refractivity (Wildman–Crippen MR) is 94.4 cm³/mol. The third-order valence-electron chi connectivity index (χ3n) is 4.08. The van der Waals surface area contributed by atoms with Crippen LogP contribution in [0.2, 0.25) is 0 Å². The Kier molecular flexibility index (Phi) is 7.09. The minimum absolute atomic E-state index is 0.0115. The fourth-order valence-electron chi connectivity index (χ4n) is 3.09. The van der Waals surface area contributed by atoms with Crippen molar-refractivity contribution in [3.05, 3.63) is 23.3 Å². The van der Waals surface area contributed by atoms with Crippen molar-refractivity contribution in [2.45, 2.75) is 38.9 Å². The fraction of sp³-hybridized carbons (Fsp3) is 0.526. The summed E-state index contributed by atoms with van der Waals surface area (Å²) in [5, 5.41) is 0. The van der Waals surface area contributed by atoms with E-state index < -0.39 is 0 Å². The SMILES string of the molecule is CO[C](=[Cr])C1=CC(OC(C)C)CCc2cc(OC)c(OC)c(OC)c21. The van der Waals surface area contributed by atoms with Gasteiger partial charge < -0.3 is 0 Å². The zero-order valence-corrected chi connectivity index (χ0v) is 16.9. The van der Waals surface area contributed by atoms with Crippen LogP contribution in [0.25, 0.3) is 5.57 Å². The molecule has 0 bridgehead atoms. The number of hydrogen-bond donors (Lipinski definition) is 0. The van der Waals surface area contributed by atoms with Crippen molar-refractivity contribution in [1.29, 1.82) is 0 Å². The average Bonchev–Trinajstić information content (AvgIpc) is 2.78. The van der Waals surface area contributed by atoms with E-state index in [-0.39, 0.29) is 12.2 Å². The normalized spacial score (nSPS) is 16.8. The first-order chi connectivity index (χ1) is 12.0. The van der Waals surface area contributed by atoms with Gasteiger partial charge in [-0.3, -0.25) is 0 Å². The molecule has 1 aromatic carbocycles. The Hall–Kier alpha value is -1.32. The van der Waals surface area contributed by atoms with Crippen molar-refractivity contribution in [3.8, 4) is 17.2 Å². The molecule has 1 aromatic rings. The van der Waals surface area contributed by atoms with Crippen LogP contribution in [0.5, 0.6) is 17.2 Å². The summed E-state index contributed by atoms with van der Waals surface area (Å²) < 4.78 is 29.0. The third-order valence-corrected chi connectivity index (χ3v) is 4.69. The first kappa shape index (κ1) is 20.0. The molecule has 1 aliphatic carbocycles. The van der Waals surface area contributed by atoms with E-state index in [1.54, 1.807) is 28.4 Å². The van der Waals surface area contributed by atoms with Crippen LogP contribution in [0, 0.1) is 0 Å². The molecule has 1 atom stereocenters. The number of benzene rings is 1. The number of hydrogen-bond acceptors (Lipinski definition) is 5. The van der Waals surface area contributed by atoms with Crippen molar-refractivity contribution >= 4 is 10.1 Å². The molecule has 1 unspecified atom stereocenters. The second kappa shape index (κ2) is 8.87. The van der Waals surface area contributed by atoms with Gasteiger partial charge in [0.15, 0.2) is 0 Å². The standard InChI is InChI=1S/C19H26O5.Cr/c1-12(2)24-15-8-7-13-10-16(21-4)18(22-5)19(23-6)17(13)14(9-15)11-20-3;/h9-10,12,15H,7-8H2,1-6H3;. The molecule has 0 amide bonds. The van der Waals surface area contributed by atoms with Crippen LogP contribution in [-0.4, -0.2) is 45.2 Å². The van der Waals surface area contributed by atoms with Crippen LogP contribution in [0.1, 0.15) is 31.4 Å². The van der Waals surface area contributed by atoms with E-state index in [2.05, 4.69) is 21.9 Å². The van der Waals surface area contributed by atoms with Crippen molar-refractivity contribution < 1.29 is 39.5 Å². The summed E-state index contributed by atoms with van der Waals surface area (Å²) in [5.74, 6) is 1.86. The van der Waals surface area contributed by atoms with Gasteiger partial charge in [0, 0.05) is 0 Å². The first-order valence-corrected chi connectivity index (χ1v) is 8.88. The number of fused-ring (bicyclic) bond motifs is 1. The van der Waals surface area contributed by atoms with Gasteiger partial charge in [0.05, 0.1) is 0 Å². The fourth-order valence-corrected chi connectivity index (χ4v) is 3.35. The van der Waals surface area contributed by atoms with E-state index in [0.29, 0.717) is 21.8 Å². The second-order valence-corrected chi connectivity index (χ2v) is 6.59. The Bertz CT molecular complexity index is 666. The molecule has 0 radical (unpaired) electrons. The van der Waals surface area contributed by atoms with Gasteiger partial charge in [-0.15, -0.1) is 0 Å². The van der Waals surface area contributed by atoms with E-state index in [9.17, 15) is 0 Å². The van der Waals surface area contributed by atoms with E-state index in [0.717, 1.165) is 29.5 Å². The van der Waals surface area contributed by atoms with Crippen LogP contribution in [0.3, 0.4) is 0 Å². The molecule has 0 aliphatic heterocycles. The molecule has 0 saturated heterocycles. The summed E-state index contributed by atoms with van der Waals surface area (Å²) in [6.07, 6.45) is 3.92. The molecule has 0 aromatic heterocycles. The molecule has 0 saturated carbocycles. The van der Waals surface area contributed by atoms with Gasteiger partial charge in [0.1, 0.15) is 0 Å². The van der Waals surface area contributed by atoms with Crippen molar-refractivity contribution in [2.75, 3.05) is 28.4 Å². The van der Waals surface area contributed by atoms with Crippen molar-refractivity contribution in [3.63, 3.8) is 0 Å². The summed E-state index contributed by atoms with van der Waals surface area (Å²) in [5.41, 5.74) is 2.98. The Balaban J connectivity index is 2.69. The van der Waals surface area contributed by atoms with Gasteiger partial charge >= 0.3 is 158 Å². The quantitative estimate of drug-likeness (QED) is 0.720.